The molecule has 4 aliphatic rings. The lowest BCUT2D eigenvalue weighted by molar-refractivity contribution is -0.137. The van der Waals surface area contributed by atoms with Gasteiger partial charge in [0.05, 0.1) is 10.8 Å². The van der Waals surface area contributed by atoms with Crippen LogP contribution in [0.5, 0.6) is 0 Å². The van der Waals surface area contributed by atoms with Crippen LogP contribution in [0.15, 0.2) is 48.6 Å². The van der Waals surface area contributed by atoms with Crippen LogP contribution in [0.2, 0.25) is 0 Å². The minimum atomic E-state index is -0.575. The number of carbonyl (C=O) groups excluding carboxylic acids is 2. The minimum absolute atomic E-state index is 0.127. The molecule has 2 heteroatoms. The number of hydrogen-bond donors (Lipinski definition) is 0. The van der Waals surface area contributed by atoms with Gasteiger partial charge in [-0.05, 0) is 41.5 Å². The molecule has 0 spiro atoms. The second-order valence-corrected chi connectivity index (χ2v) is 6.06. The zero-order valence-corrected chi connectivity index (χ0v) is 10.3. The first-order valence-corrected chi connectivity index (χ1v) is 6.79. The Morgan fingerprint density at radius 2 is 1.32 bits per heavy atom. The first kappa shape index (κ1) is 9.90. The molecule has 92 valence electrons. The molecule has 0 aliphatic heterocycles. The molecular weight excluding hydrogens is 236 g/mol. The molecule has 1 aromatic rings. The summed E-state index contributed by atoms with van der Waals surface area (Å²) >= 11 is 0. The molecule has 1 aromatic carbocycles. The predicted molar refractivity (Wildman–Crippen MR) is 69.7 cm³/mol. The molecule has 2 nitrogen and oxygen atoms in total. The van der Waals surface area contributed by atoms with E-state index in [-0.39, 0.29) is 23.4 Å². The Labute approximate surface area is 110 Å². The maximum absolute atomic E-state index is 12.7. The van der Waals surface area contributed by atoms with Crippen LogP contribution < -0.4 is 0 Å². The number of rotatable bonds is 0. The second kappa shape index (κ2) is 2.64. The number of ketones is 2. The molecule has 19 heavy (non-hydrogen) atoms. The Bertz CT molecular complexity index is 668. The highest BCUT2D eigenvalue weighted by Gasteiger charge is 2.79. The molecular formula is C17H12O2. The van der Waals surface area contributed by atoms with E-state index in [1.807, 2.05) is 24.3 Å². The van der Waals surface area contributed by atoms with Crippen LogP contribution in [-0.4, -0.2) is 11.6 Å². The van der Waals surface area contributed by atoms with Crippen molar-refractivity contribution in [1.29, 1.82) is 0 Å². The van der Waals surface area contributed by atoms with Crippen LogP contribution in [-0.2, 0) is 20.4 Å². The van der Waals surface area contributed by atoms with Crippen molar-refractivity contribution in [3.05, 3.63) is 59.7 Å². The van der Waals surface area contributed by atoms with E-state index >= 15 is 0 Å². The Balaban J connectivity index is 1.98. The number of carbonyl (C=O) groups is 2. The highest BCUT2D eigenvalue weighted by molar-refractivity contribution is 6.21. The summed E-state index contributed by atoms with van der Waals surface area (Å²) in [6, 6.07) is 8.02. The summed E-state index contributed by atoms with van der Waals surface area (Å²) < 4.78 is 0. The summed E-state index contributed by atoms with van der Waals surface area (Å²) in [6.07, 6.45) is 8.26. The largest absolute Gasteiger partial charge is 0.294 e. The number of allylic oxidation sites excluding steroid dienone is 4. The first-order chi connectivity index (χ1) is 9.24. The van der Waals surface area contributed by atoms with Gasteiger partial charge in [0.1, 0.15) is 0 Å². The van der Waals surface area contributed by atoms with E-state index in [9.17, 15) is 9.59 Å². The van der Waals surface area contributed by atoms with Crippen molar-refractivity contribution < 1.29 is 9.59 Å². The van der Waals surface area contributed by atoms with Gasteiger partial charge in [0.15, 0.2) is 11.6 Å². The molecule has 4 atom stereocenters. The molecule has 0 amide bonds. The van der Waals surface area contributed by atoms with Crippen molar-refractivity contribution in [2.45, 2.75) is 17.3 Å². The fourth-order valence-corrected chi connectivity index (χ4v) is 5.29. The van der Waals surface area contributed by atoms with E-state index in [0.29, 0.717) is 0 Å². The lowest BCUT2D eigenvalue weighted by Gasteiger charge is -2.60. The Morgan fingerprint density at radius 3 is 1.79 bits per heavy atom. The van der Waals surface area contributed by atoms with Crippen molar-refractivity contribution in [1.82, 2.24) is 0 Å². The lowest BCUT2D eigenvalue weighted by Crippen LogP contribution is -2.69. The zero-order valence-electron chi connectivity index (χ0n) is 10.3. The minimum Gasteiger partial charge on any atom is -0.294 e. The summed E-state index contributed by atoms with van der Waals surface area (Å²) in [5.74, 6) is 0.660. The van der Waals surface area contributed by atoms with Crippen molar-refractivity contribution in [2.24, 2.45) is 11.8 Å². The molecule has 0 unspecified atom stereocenters. The van der Waals surface area contributed by atoms with Crippen molar-refractivity contribution in [3.63, 3.8) is 0 Å². The van der Waals surface area contributed by atoms with Gasteiger partial charge in [-0.25, -0.2) is 0 Å². The maximum atomic E-state index is 12.7. The molecule has 0 heterocycles. The molecule has 0 aromatic heterocycles. The number of benzene rings is 1. The smallest absolute Gasteiger partial charge is 0.168 e. The van der Waals surface area contributed by atoms with Crippen molar-refractivity contribution in [2.75, 3.05) is 0 Å². The van der Waals surface area contributed by atoms with Gasteiger partial charge in [0.2, 0.25) is 0 Å². The quantitative estimate of drug-likeness (QED) is 0.659. The third kappa shape index (κ3) is 0.683. The normalized spacial score (nSPS) is 43.8. The average molecular weight is 248 g/mol. The third-order valence-corrected chi connectivity index (χ3v) is 5.76. The zero-order chi connectivity index (χ0) is 12.8. The van der Waals surface area contributed by atoms with Crippen LogP contribution in [0.4, 0.5) is 0 Å². The summed E-state index contributed by atoms with van der Waals surface area (Å²) in [7, 11) is 0. The third-order valence-electron chi connectivity index (χ3n) is 5.76. The second-order valence-electron chi connectivity index (χ2n) is 6.06. The van der Waals surface area contributed by atoms with Crippen LogP contribution in [0, 0.1) is 11.8 Å². The van der Waals surface area contributed by atoms with Crippen LogP contribution in [0.1, 0.15) is 17.5 Å². The summed E-state index contributed by atoms with van der Waals surface area (Å²) in [5.41, 5.74) is 1.04. The molecule has 5 rings (SSSR count). The van der Waals surface area contributed by atoms with E-state index in [1.54, 1.807) is 0 Å². The fourth-order valence-electron chi connectivity index (χ4n) is 5.29. The Hall–Kier alpha value is -1.96. The van der Waals surface area contributed by atoms with Crippen LogP contribution in [0.25, 0.3) is 0 Å². The lowest BCUT2D eigenvalue weighted by atomic mass is 9.39. The van der Waals surface area contributed by atoms with E-state index in [2.05, 4.69) is 12.2 Å². The van der Waals surface area contributed by atoms with E-state index < -0.39 is 10.8 Å². The van der Waals surface area contributed by atoms with Gasteiger partial charge in [-0.3, -0.25) is 9.59 Å². The van der Waals surface area contributed by atoms with Gasteiger partial charge in [-0.1, -0.05) is 36.4 Å². The Kier molecular flexibility index (Phi) is 1.38. The number of hydrogen-bond acceptors (Lipinski definition) is 2. The topological polar surface area (TPSA) is 34.1 Å². The highest BCUT2D eigenvalue weighted by Crippen LogP contribution is 2.74. The van der Waals surface area contributed by atoms with Crippen molar-refractivity contribution >= 4 is 11.6 Å². The molecule has 1 saturated carbocycles. The van der Waals surface area contributed by atoms with Gasteiger partial charge in [0.25, 0.3) is 0 Å². The van der Waals surface area contributed by atoms with Gasteiger partial charge in [-0.2, -0.15) is 0 Å². The van der Waals surface area contributed by atoms with Crippen LogP contribution >= 0.6 is 0 Å². The highest BCUT2D eigenvalue weighted by atomic mass is 16.1. The van der Waals surface area contributed by atoms with Gasteiger partial charge in [-0.15, -0.1) is 0 Å². The molecule has 1 fully saturated rings. The van der Waals surface area contributed by atoms with E-state index in [1.165, 1.54) is 12.2 Å². The molecule has 0 N–H and O–H groups in total. The van der Waals surface area contributed by atoms with Gasteiger partial charge in [0, 0.05) is 0 Å². The first-order valence-electron chi connectivity index (χ1n) is 6.79. The molecule has 0 saturated heterocycles. The maximum Gasteiger partial charge on any atom is 0.168 e. The monoisotopic (exact) mass is 248 g/mol. The SMILES string of the molecule is O=C1C=CC(=O)[C@]23c4ccccc4[C@]12[C@H]1C=C[C@@H]3C1. The van der Waals surface area contributed by atoms with Crippen molar-refractivity contribution in [3.8, 4) is 0 Å². The van der Waals surface area contributed by atoms with E-state index in [0.717, 1.165) is 17.5 Å². The summed E-state index contributed by atoms with van der Waals surface area (Å²) in [6.45, 7) is 0. The fraction of sp³-hybridized carbons (Fsp3) is 0.294. The summed E-state index contributed by atoms with van der Waals surface area (Å²) in [5, 5.41) is 0. The summed E-state index contributed by atoms with van der Waals surface area (Å²) in [4.78, 5) is 25.4. The Morgan fingerprint density at radius 1 is 0.842 bits per heavy atom. The average Bonchev–Trinajstić information content (AvgIpc) is 2.97. The standard InChI is InChI=1S/C17H12O2/c18-14-7-8-15(19)17-11-6-5-10(9-11)16(14,17)12-3-1-2-4-13(12)17/h1-8,10-11H,9H2/t10-,11+,16+,17-. The van der Waals surface area contributed by atoms with Gasteiger partial charge >= 0.3 is 0 Å². The van der Waals surface area contributed by atoms with Crippen LogP contribution in [0.3, 0.4) is 0 Å². The molecule has 2 bridgehead atoms. The van der Waals surface area contributed by atoms with E-state index in [4.69, 9.17) is 0 Å². The molecule has 4 aliphatic carbocycles. The number of fused-ring (bicyclic) bond motifs is 3. The predicted octanol–water partition coefficient (Wildman–Crippen LogP) is 2.09. The van der Waals surface area contributed by atoms with Gasteiger partial charge < -0.3 is 0 Å². The molecule has 0 radical (unpaired) electrons.